The summed E-state index contributed by atoms with van der Waals surface area (Å²) in [5, 5.41) is 4.95. The number of hydrogen-bond donors (Lipinski definition) is 0. The number of carbonyl (C=O) groups excluding carboxylic acids is 1. The summed E-state index contributed by atoms with van der Waals surface area (Å²) in [6.07, 6.45) is 1.62. The lowest BCUT2D eigenvalue weighted by atomic mass is 10.4. The molecule has 3 aromatic heterocycles. The van der Waals surface area contributed by atoms with Crippen molar-refractivity contribution >= 4 is 28.6 Å². The second-order valence-corrected chi connectivity index (χ2v) is 6.84. The number of hydrogen-bond acceptors (Lipinski definition) is 5. The molecule has 0 spiro atoms. The molecule has 0 bridgehead atoms. The molecular weight excluding hydrogens is 330 g/mol. The zero-order valence-corrected chi connectivity index (χ0v) is 14.1. The molecule has 1 amide bonds. The van der Waals surface area contributed by atoms with Crippen LogP contribution in [-0.4, -0.2) is 27.4 Å². The highest BCUT2D eigenvalue weighted by Crippen LogP contribution is 2.28. The van der Waals surface area contributed by atoms with Gasteiger partial charge in [0.25, 0.3) is 5.56 Å². The standard InChI is InChI=1S/C16H15N3O2S2/c1-18(15(21)10-19-7-3-2-6-14(19)20)9-12-11-23-16(17-12)13-5-4-8-22-13/h2-8,11H,9-10H2,1H3. The number of rotatable bonds is 5. The van der Waals surface area contributed by atoms with E-state index in [4.69, 9.17) is 0 Å². The number of likely N-dealkylation sites (N-methyl/N-ethyl adjacent to an activating group) is 1. The van der Waals surface area contributed by atoms with Crippen molar-refractivity contribution in [2.45, 2.75) is 13.1 Å². The molecule has 7 heteroatoms. The minimum absolute atomic E-state index is 0.0398. The summed E-state index contributed by atoms with van der Waals surface area (Å²) in [6.45, 7) is 0.473. The molecular formula is C16H15N3O2S2. The van der Waals surface area contributed by atoms with Gasteiger partial charge in [-0.25, -0.2) is 4.98 Å². The van der Waals surface area contributed by atoms with Crippen LogP contribution < -0.4 is 5.56 Å². The largest absolute Gasteiger partial charge is 0.338 e. The number of carbonyl (C=O) groups is 1. The first kappa shape index (κ1) is 15.6. The van der Waals surface area contributed by atoms with Crippen molar-refractivity contribution in [3.8, 4) is 9.88 Å². The van der Waals surface area contributed by atoms with Gasteiger partial charge in [0, 0.05) is 24.7 Å². The van der Waals surface area contributed by atoms with Crippen molar-refractivity contribution in [2.75, 3.05) is 7.05 Å². The van der Waals surface area contributed by atoms with Crippen LogP contribution in [0.3, 0.4) is 0 Å². The maximum absolute atomic E-state index is 12.2. The molecule has 0 fully saturated rings. The molecule has 3 aromatic rings. The van der Waals surface area contributed by atoms with Crippen LogP contribution in [0.4, 0.5) is 0 Å². The van der Waals surface area contributed by atoms with E-state index < -0.39 is 0 Å². The van der Waals surface area contributed by atoms with Gasteiger partial charge in [0.1, 0.15) is 11.6 Å². The van der Waals surface area contributed by atoms with E-state index in [1.54, 1.807) is 53.0 Å². The van der Waals surface area contributed by atoms with Crippen LogP contribution in [0.2, 0.25) is 0 Å². The van der Waals surface area contributed by atoms with Gasteiger partial charge < -0.3 is 9.47 Å². The Morgan fingerprint density at radius 3 is 2.87 bits per heavy atom. The Bertz CT molecular complexity index is 852. The number of nitrogens with zero attached hydrogens (tertiary/aromatic N) is 3. The molecule has 0 saturated carbocycles. The van der Waals surface area contributed by atoms with Crippen molar-refractivity contribution in [1.29, 1.82) is 0 Å². The first-order valence-electron chi connectivity index (χ1n) is 7.01. The SMILES string of the molecule is CN(Cc1csc(-c2cccs2)n1)C(=O)Cn1ccccc1=O. The normalized spacial score (nSPS) is 10.7. The summed E-state index contributed by atoms with van der Waals surface area (Å²) >= 11 is 3.22. The van der Waals surface area contributed by atoms with E-state index >= 15 is 0 Å². The Balaban J connectivity index is 1.65. The molecule has 0 unspecified atom stereocenters. The Hall–Kier alpha value is -2.25. The van der Waals surface area contributed by atoms with Crippen LogP contribution in [0.1, 0.15) is 5.69 Å². The van der Waals surface area contributed by atoms with Crippen LogP contribution in [0.25, 0.3) is 9.88 Å². The number of amides is 1. The van der Waals surface area contributed by atoms with Gasteiger partial charge in [-0.15, -0.1) is 22.7 Å². The number of thiazole rings is 1. The van der Waals surface area contributed by atoms with Gasteiger partial charge in [-0.05, 0) is 17.5 Å². The molecule has 118 valence electrons. The Morgan fingerprint density at radius 1 is 1.26 bits per heavy atom. The van der Waals surface area contributed by atoms with E-state index in [9.17, 15) is 9.59 Å². The molecule has 5 nitrogen and oxygen atoms in total. The maximum Gasteiger partial charge on any atom is 0.250 e. The van der Waals surface area contributed by atoms with Gasteiger partial charge in [0.2, 0.25) is 5.91 Å². The minimum Gasteiger partial charge on any atom is -0.338 e. The van der Waals surface area contributed by atoms with E-state index in [-0.39, 0.29) is 18.0 Å². The Labute approximate surface area is 141 Å². The smallest absolute Gasteiger partial charge is 0.250 e. The zero-order chi connectivity index (χ0) is 16.2. The van der Waals surface area contributed by atoms with Crippen LogP contribution in [-0.2, 0) is 17.9 Å². The van der Waals surface area contributed by atoms with Gasteiger partial charge in [-0.1, -0.05) is 12.1 Å². The monoisotopic (exact) mass is 345 g/mol. The Morgan fingerprint density at radius 2 is 2.13 bits per heavy atom. The third-order valence-corrected chi connectivity index (χ3v) is 5.24. The lowest BCUT2D eigenvalue weighted by Crippen LogP contribution is -2.33. The minimum atomic E-state index is -0.178. The topological polar surface area (TPSA) is 55.2 Å². The van der Waals surface area contributed by atoms with Crippen LogP contribution >= 0.6 is 22.7 Å². The summed E-state index contributed by atoms with van der Waals surface area (Å²) in [4.78, 5) is 31.2. The third-order valence-electron chi connectivity index (χ3n) is 3.31. The third kappa shape index (κ3) is 3.75. The molecule has 0 aliphatic rings. The predicted octanol–water partition coefficient (Wildman–Crippen LogP) is 2.69. The molecule has 0 aliphatic carbocycles. The average Bonchev–Trinajstić information content (AvgIpc) is 3.20. The first-order valence-corrected chi connectivity index (χ1v) is 8.77. The van der Waals surface area contributed by atoms with Crippen molar-refractivity contribution in [1.82, 2.24) is 14.5 Å². The summed E-state index contributed by atoms with van der Waals surface area (Å²) < 4.78 is 1.40. The van der Waals surface area contributed by atoms with E-state index in [0.717, 1.165) is 15.6 Å². The molecule has 0 radical (unpaired) electrons. The van der Waals surface area contributed by atoms with Crippen LogP contribution in [0.15, 0.2) is 52.1 Å². The van der Waals surface area contributed by atoms with E-state index in [1.807, 2.05) is 22.9 Å². The second kappa shape index (κ2) is 6.89. The predicted molar refractivity (Wildman–Crippen MR) is 92.6 cm³/mol. The maximum atomic E-state index is 12.2. The molecule has 0 aromatic carbocycles. The van der Waals surface area contributed by atoms with Crippen LogP contribution in [0, 0.1) is 0 Å². The fourth-order valence-electron chi connectivity index (χ4n) is 2.08. The summed E-state index contributed by atoms with van der Waals surface area (Å²) in [6, 6.07) is 8.87. The van der Waals surface area contributed by atoms with Crippen molar-refractivity contribution in [3.63, 3.8) is 0 Å². The fourth-order valence-corrected chi connectivity index (χ4v) is 3.71. The van der Waals surface area contributed by atoms with Gasteiger partial charge in [-0.2, -0.15) is 0 Å². The van der Waals surface area contributed by atoms with Gasteiger partial charge in [-0.3, -0.25) is 9.59 Å². The quantitative estimate of drug-likeness (QED) is 0.714. The average molecular weight is 345 g/mol. The van der Waals surface area contributed by atoms with Gasteiger partial charge in [0.15, 0.2) is 0 Å². The molecule has 3 heterocycles. The highest BCUT2D eigenvalue weighted by Gasteiger charge is 2.13. The molecule has 23 heavy (non-hydrogen) atoms. The molecule has 0 atom stereocenters. The lowest BCUT2D eigenvalue weighted by molar-refractivity contribution is -0.131. The molecule has 0 N–H and O–H groups in total. The zero-order valence-electron chi connectivity index (χ0n) is 12.5. The lowest BCUT2D eigenvalue weighted by Gasteiger charge is -2.16. The summed E-state index contributed by atoms with van der Waals surface area (Å²) in [5.41, 5.74) is 0.678. The molecule has 0 aliphatic heterocycles. The number of thiophene rings is 1. The Kier molecular flexibility index (Phi) is 4.68. The highest BCUT2D eigenvalue weighted by atomic mass is 32.1. The van der Waals surface area contributed by atoms with Crippen molar-refractivity contribution < 1.29 is 4.79 Å². The second-order valence-electron chi connectivity index (χ2n) is 5.04. The van der Waals surface area contributed by atoms with Crippen molar-refractivity contribution in [2.24, 2.45) is 0 Å². The summed E-state index contributed by atoms with van der Waals surface area (Å²) in [7, 11) is 1.72. The van der Waals surface area contributed by atoms with Gasteiger partial charge >= 0.3 is 0 Å². The van der Waals surface area contributed by atoms with Crippen LogP contribution in [0.5, 0.6) is 0 Å². The van der Waals surface area contributed by atoms with Gasteiger partial charge in [0.05, 0.1) is 17.1 Å². The fraction of sp³-hybridized carbons (Fsp3) is 0.188. The molecule has 0 saturated heterocycles. The highest BCUT2D eigenvalue weighted by molar-refractivity contribution is 7.20. The van der Waals surface area contributed by atoms with Crippen molar-refractivity contribution in [3.05, 3.63) is 63.3 Å². The van der Waals surface area contributed by atoms with E-state index in [0.29, 0.717) is 6.54 Å². The number of aromatic nitrogens is 2. The summed E-state index contributed by atoms with van der Waals surface area (Å²) in [5.74, 6) is -0.121. The van der Waals surface area contributed by atoms with E-state index in [1.165, 1.54) is 10.6 Å². The number of pyridine rings is 1. The van der Waals surface area contributed by atoms with E-state index in [2.05, 4.69) is 4.98 Å². The first-order chi connectivity index (χ1) is 11.1. The molecule has 3 rings (SSSR count).